The highest BCUT2D eigenvalue weighted by Gasteiger charge is 2.47. The lowest BCUT2D eigenvalue weighted by Gasteiger charge is -2.53. The summed E-state index contributed by atoms with van der Waals surface area (Å²) < 4.78 is 13.9. The lowest BCUT2D eigenvalue weighted by Crippen LogP contribution is -2.40. The first kappa shape index (κ1) is 22.4. The fourth-order valence-electron chi connectivity index (χ4n) is 6.44. The Balaban J connectivity index is 1.20. The molecule has 2 fully saturated rings. The highest BCUT2D eigenvalue weighted by molar-refractivity contribution is 6.30. The van der Waals surface area contributed by atoms with Crippen molar-refractivity contribution in [2.24, 2.45) is 17.3 Å². The van der Waals surface area contributed by atoms with Crippen LogP contribution in [0.2, 0.25) is 5.02 Å². The van der Waals surface area contributed by atoms with Crippen molar-refractivity contribution < 1.29 is 4.39 Å². The van der Waals surface area contributed by atoms with Crippen molar-refractivity contribution in [3.05, 3.63) is 83.4 Å². The molecule has 5 rings (SSSR count). The Labute approximate surface area is 201 Å². The summed E-state index contributed by atoms with van der Waals surface area (Å²) >= 11 is 6.02. The van der Waals surface area contributed by atoms with Crippen LogP contribution in [0.25, 0.3) is 10.9 Å². The van der Waals surface area contributed by atoms with E-state index in [0.717, 1.165) is 33.7 Å². The zero-order valence-electron chi connectivity index (χ0n) is 19.3. The van der Waals surface area contributed by atoms with Crippen LogP contribution in [0, 0.1) is 23.1 Å². The maximum absolute atomic E-state index is 13.9. The average molecular weight is 463 g/mol. The topological polar surface area (TPSA) is 24.9 Å². The Kier molecular flexibility index (Phi) is 6.18. The number of hydrogen-bond donors (Lipinski definition) is 1. The minimum absolute atomic E-state index is 0.177. The van der Waals surface area contributed by atoms with Gasteiger partial charge in [-0.15, -0.1) is 0 Å². The van der Waals surface area contributed by atoms with E-state index >= 15 is 0 Å². The van der Waals surface area contributed by atoms with Gasteiger partial charge in [0.05, 0.1) is 5.52 Å². The molecule has 0 aliphatic heterocycles. The van der Waals surface area contributed by atoms with Gasteiger partial charge in [0.15, 0.2) is 0 Å². The van der Waals surface area contributed by atoms with Crippen molar-refractivity contribution >= 4 is 28.2 Å². The summed E-state index contributed by atoms with van der Waals surface area (Å²) in [6.45, 7) is 6.67. The summed E-state index contributed by atoms with van der Waals surface area (Å²) in [5, 5.41) is 5.26. The smallest absolute Gasteiger partial charge is 0.123 e. The number of halogens is 2. The van der Waals surface area contributed by atoms with Gasteiger partial charge in [-0.2, -0.15) is 0 Å². The molecule has 2 aromatic carbocycles. The zero-order chi connectivity index (χ0) is 23.0. The number of allylic oxidation sites excluding steroid dienone is 1. The summed E-state index contributed by atoms with van der Waals surface area (Å²) in [6.07, 6.45) is 10.5. The fourth-order valence-corrected chi connectivity index (χ4v) is 6.57. The van der Waals surface area contributed by atoms with Gasteiger partial charge in [-0.25, -0.2) is 4.39 Å². The minimum atomic E-state index is -0.177. The average Bonchev–Trinajstić information content (AvgIpc) is 2.80. The Morgan fingerprint density at radius 3 is 2.58 bits per heavy atom. The fraction of sp³-hybridized carbons (Fsp3) is 0.414. The van der Waals surface area contributed by atoms with Crippen LogP contribution in [-0.2, 0) is 0 Å². The lowest BCUT2D eigenvalue weighted by atomic mass is 9.52. The van der Waals surface area contributed by atoms with E-state index in [1.54, 1.807) is 12.1 Å². The Morgan fingerprint density at radius 2 is 1.88 bits per heavy atom. The van der Waals surface area contributed by atoms with Gasteiger partial charge in [0.1, 0.15) is 5.82 Å². The number of fused-ring (bicyclic) bond motifs is 1. The third-order valence-corrected chi connectivity index (χ3v) is 8.48. The van der Waals surface area contributed by atoms with Gasteiger partial charge in [-0.3, -0.25) is 4.98 Å². The number of nitrogens with one attached hydrogen (secondary N) is 1. The van der Waals surface area contributed by atoms with Crippen molar-refractivity contribution in [2.45, 2.75) is 57.8 Å². The molecule has 1 spiro atoms. The van der Waals surface area contributed by atoms with E-state index in [9.17, 15) is 4.39 Å². The quantitative estimate of drug-likeness (QED) is 0.396. The summed E-state index contributed by atoms with van der Waals surface area (Å²) in [5.74, 6) is 1.52. The molecular formula is C29H32ClFN2. The van der Waals surface area contributed by atoms with Crippen LogP contribution in [-0.4, -0.2) is 4.98 Å². The van der Waals surface area contributed by atoms with Crippen molar-refractivity contribution in [3.8, 4) is 0 Å². The molecule has 3 aromatic rings. The van der Waals surface area contributed by atoms with Gasteiger partial charge in [0.25, 0.3) is 0 Å². The van der Waals surface area contributed by atoms with Crippen LogP contribution < -0.4 is 5.32 Å². The van der Waals surface area contributed by atoms with Gasteiger partial charge in [0.2, 0.25) is 0 Å². The third-order valence-electron chi connectivity index (χ3n) is 8.23. The van der Waals surface area contributed by atoms with Crippen LogP contribution >= 0.6 is 11.6 Å². The molecule has 1 N–H and O–H groups in total. The predicted octanol–water partition coefficient (Wildman–Crippen LogP) is 8.73. The van der Waals surface area contributed by atoms with Crippen molar-refractivity contribution in [1.29, 1.82) is 0 Å². The number of hydrogen-bond acceptors (Lipinski definition) is 2. The maximum atomic E-state index is 13.9. The van der Waals surface area contributed by atoms with E-state index in [4.69, 9.17) is 11.6 Å². The molecule has 1 heterocycles. The molecule has 2 aliphatic rings. The second kappa shape index (κ2) is 9.10. The Morgan fingerprint density at radius 1 is 1.15 bits per heavy atom. The Hall–Kier alpha value is -2.39. The summed E-state index contributed by atoms with van der Waals surface area (Å²) in [7, 11) is 0. The summed E-state index contributed by atoms with van der Waals surface area (Å²) in [4.78, 5) is 4.43. The summed E-state index contributed by atoms with van der Waals surface area (Å²) in [6, 6.07) is 14.9. The van der Waals surface area contributed by atoms with E-state index in [-0.39, 0.29) is 5.82 Å². The normalized spacial score (nSPS) is 25.5. The van der Waals surface area contributed by atoms with Crippen LogP contribution in [0.1, 0.15) is 63.4 Å². The SMILES string of the molecule is C=C(Nc1ccc(Cl)cc1)C(CC)C1CCC2(CC1)CC(c1ccnc3ccc(F)cc13)C2. The van der Waals surface area contributed by atoms with Gasteiger partial charge < -0.3 is 5.32 Å². The highest BCUT2D eigenvalue weighted by atomic mass is 35.5. The van der Waals surface area contributed by atoms with Crippen LogP contribution in [0.5, 0.6) is 0 Å². The standard InChI is InChI=1S/C29H32ClFN2/c1-3-25(19(2)33-24-7-4-22(30)5-8-24)20-10-13-29(14-11-20)17-21(18-29)26-12-15-32-28-9-6-23(31)16-27(26)28/h4-9,12,15-16,20-21,25,33H,2-3,10-11,13-14,17-18H2,1H3. The van der Waals surface area contributed by atoms with E-state index < -0.39 is 0 Å². The summed E-state index contributed by atoms with van der Waals surface area (Å²) in [5.41, 5.74) is 4.82. The van der Waals surface area contributed by atoms with Crippen molar-refractivity contribution in [1.82, 2.24) is 4.98 Å². The number of anilines is 1. The van der Waals surface area contributed by atoms with Crippen molar-refractivity contribution in [3.63, 3.8) is 0 Å². The molecule has 172 valence electrons. The van der Waals surface area contributed by atoms with Gasteiger partial charge in [-0.05, 0) is 116 Å². The van der Waals surface area contributed by atoms with Crippen molar-refractivity contribution in [2.75, 3.05) is 5.32 Å². The van der Waals surface area contributed by atoms with Crippen LogP contribution in [0.4, 0.5) is 10.1 Å². The van der Waals surface area contributed by atoms with E-state index in [0.29, 0.717) is 23.2 Å². The molecule has 1 aromatic heterocycles. The van der Waals surface area contributed by atoms with E-state index in [2.05, 4.69) is 29.9 Å². The van der Waals surface area contributed by atoms with E-state index in [1.807, 2.05) is 30.5 Å². The molecular weight excluding hydrogens is 431 g/mol. The molecule has 4 heteroatoms. The molecule has 1 atom stereocenters. The molecule has 1 unspecified atom stereocenters. The second-order valence-corrected chi connectivity index (χ2v) is 10.6. The second-order valence-electron chi connectivity index (χ2n) is 10.2. The lowest BCUT2D eigenvalue weighted by molar-refractivity contribution is 0.0250. The monoisotopic (exact) mass is 462 g/mol. The molecule has 2 aliphatic carbocycles. The van der Waals surface area contributed by atoms with E-state index in [1.165, 1.54) is 50.2 Å². The first-order valence-corrected chi connectivity index (χ1v) is 12.6. The number of aromatic nitrogens is 1. The minimum Gasteiger partial charge on any atom is -0.359 e. The molecule has 0 radical (unpaired) electrons. The van der Waals surface area contributed by atoms with Gasteiger partial charge in [-0.1, -0.05) is 25.1 Å². The third kappa shape index (κ3) is 4.53. The first-order chi connectivity index (χ1) is 16.0. The first-order valence-electron chi connectivity index (χ1n) is 12.2. The predicted molar refractivity (Wildman–Crippen MR) is 136 cm³/mol. The molecule has 33 heavy (non-hydrogen) atoms. The zero-order valence-corrected chi connectivity index (χ0v) is 20.0. The Bertz CT molecular complexity index is 1140. The number of nitrogens with zero attached hydrogens (tertiary/aromatic N) is 1. The highest BCUT2D eigenvalue weighted by Crippen LogP contribution is 2.60. The maximum Gasteiger partial charge on any atom is 0.123 e. The molecule has 0 amide bonds. The van der Waals surface area contributed by atoms with Gasteiger partial charge >= 0.3 is 0 Å². The number of benzene rings is 2. The van der Waals surface area contributed by atoms with Crippen LogP contribution in [0.3, 0.4) is 0 Å². The molecule has 2 nitrogen and oxygen atoms in total. The van der Waals surface area contributed by atoms with Gasteiger partial charge in [0, 0.05) is 33.9 Å². The number of rotatable bonds is 6. The van der Waals surface area contributed by atoms with Crippen LogP contribution in [0.15, 0.2) is 67.0 Å². The molecule has 0 bridgehead atoms. The number of pyridine rings is 1. The largest absolute Gasteiger partial charge is 0.359 e. The molecule has 0 saturated heterocycles. The molecule has 2 saturated carbocycles.